The van der Waals surface area contributed by atoms with Gasteiger partial charge in [0, 0.05) is 18.8 Å². The van der Waals surface area contributed by atoms with Crippen molar-refractivity contribution in [1.29, 1.82) is 0 Å². The minimum Gasteiger partial charge on any atom is -0.381 e. The number of amides is 3. The van der Waals surface area contributed by atoms with E-state index in [1.807, 2.05) is 76.2 Å². The minimum atomic E-state index is -0.197. The summed E-state index contributed by atoms with van der Waals surface area (Å²) < 4.78 is 33.9. The Balaban J connectivity index is -0.00000299. The quantitative estimate of drug-likeness (QED) is 0.108. The standard InChI is InChI=1S/C28H56N2O8.C2H6.CH3NO/c1-20(2)35-16-25(17-36-21(3)4)29-27(31)10-12-33-14-24(9)15-34-13-11-28(32)30-26(18-37-22(5)6)19-38-23(7)8;1-2;2-1-3/h20-26H,10-19H2,1-9H3,(H,29,31)(H,30,32);1-2H3;1H,(H2,2,3). The van der Waals surface area contributed by atoms with Crippen molar-refractivity contribution in [2.24, 2.45) is 11.7 Å². The molecule has 4 N–H and O–H groups in total. The minimum absolute atomic E-state index is 0.0837. The predicted octanol–water partition coefficient (Wildman–Crippen LogP) is 3.23. The van der Waals surface area contributed by atoms with Crippen LogP contribution in [0.5, 0.6) is 0 Å². The van der Waals surface area contributed by atoms with Crippen molar-refractivity contribution >= 4 is 18.2 Å². The fourth-order valence-corrected chi connectivity index (χ4v) is 3.04. The van der Waals surface area contributed by atoms with Crippen LogP contribution in [-0.4, -0.2) is 108 Å². The van der Waals surface area contributed by atoms with E-state index in [9.17, 15) is 9.59 Å². The molecule has 43 heavy (non-hydrogen) atoms. The SMILES string of the molecule is CC.CC(COCCC(=O)NC(COC(C)C)COC(C)C)COCCC(=O)NC(COC(C)C)COC(C)C.NC=O. The van der Waals surface area contributed by atoms with Crippen molar-refractivity contribution < 1.29 is 42.8 Å². The monoisotopic (exact) mass is 623 g/mol. The van der Waals surface area contributed by atoms with Crippen molar-refractivity contribution in [2.45, 2.75) is 126 Å². The molecule has 0 aromatic carbocycles. The first-order valence-corrected chi connectivity index (χ1v) is 15.7. The summed E-state index contributed by atoms with van der Waals surface area (Å²) >= 11 is 0. The summed E-state index contributed by atoms with van der Waals surface area (Å²) in [6.07, 6.45) is 1.10. The fourth-order valence-electron chi connectivity index (χ4n) is 3.04. The zero-order chi connectivity index (χ0) is 33.6. The van der Waals surface area contributed by atoms with E-state index in [0.29, 0.717) is 52.9 Å². The first-order chi connectivity index (χ1) is 20.3. The Morgan fingerprint density at radius 3 is 1.07 bits per heavy atom. The number of nitrogens with two attached hydrogens (primary N) is 1. The summed E-state index contributed by atoms with van der Waals surface area (Å²) in [5, 5.41) is 5.92. The lowest BCUT2D eigenvalue weighted by Crippen LogP contribution is -2.43. The molecule has 12 heteroatoms. The molecule has 258 valence electrons. The number of hydrogen-bond donors (Lipinski definition) is 3. The van der Waals surface area contributed by atoms with Gasteiger partial charge in [0.1, 0.15) is 0 Å². The molecule has 0 aliphatic rings. The number of primary amides is 1. The molecule has 0 aromatic rings. The first-order valence-electron chi connectivity index (χ1n) is 15.7. The van der Waals surface area contributed by atoms with Crippen LogP contribution in [-0.2, 0) is 42.8 Å². The maximum Gasteiger partial charge on any atom is 0.222 e. The van der Waals surface area contributed by atoms with Crippen molar-refractivity contribution in [1.82, 2.24) is 10.6 Å². The highest BCUT2D eigenvalue weighted by Gasteiger charge is 2.16. The third-order valence-electron chi connectivity index (χ3n) is 5.00. The van der Waals surface area contributed by atoms with Gasteiger partial charge in [-0.2, -0.15) is 0 Å². The van der Waals surface area contributed by atoms with Gasteiger partial charge in [-0.15, -0.1) is 0 Å². The molecule has 0 aliphatic heterocycles. The van der Waals surface area contributed by atoms with Gasteiger partial charge in [0.05, 0.1) is 89.4 Å². The van der Waals surface area contributed by atoms with Gasteiger partial charge < -0.3 is 44.8 Å². The number of ether oxygens (including phenoxy) is 6. The van der Waals surface area contributed by atoms with Crippen LogP contribution in [0.15, 0.2) is 0 Å². The number of hydrogen-bond acceptors (Lipinski definition) is 9. The third-order valence-corrected chi connectivity index (χ3v) is 5.00. The molecule has 0 atom stereocenters. The van der Waals surface area contributed by atoms with Crippen molar-refractivity contribution in [3.63, 3.8) is 0 Å². The Labute approximate surface area is 261 Å². The lowest BCUT2D eigenvalue weighted by Gasteiger charge is -2.21. The Morgan fingerprint density at radius 2 is 0.837 bits per heavy atom. The lowest BCUT2D eigenvalue weighted by atomic mass is 10.2. The van der Waals surface area contributed by atoms with E-state index in [-0.39, 0.29) is 73.5 Å². The maximum atomic E-state index is 12.3. The van der Waals surface area contributed by atoms with Crippen molar-refractivity contribution in [3.05, 3.63) is 0 Å². The summed E-state index contributed by atoms with van der Waals surface area (Å²) in [7, 11) is 0. The average Bonchev–Trinajstić information content (AvgIpc) is 2.93. The van der Waals surface area contributed by atoms with Gasteiger partial charge in [0.25, 0.3) is 0 Å². The molecule has 0 spiro atoms. The highest BCUT2D eigenvalue weighted by molar-refractivity contribution is 5.76. The smallest absolute Gasteiger partial charge is 0.222 e. The second kappa shape index (κ2) is 31.6. The van der Waals surface area contributed by atoms with Crippen molar-refractivity contribution in [3.8, 4) is 0 Å². The molecule has 3 amide bonds. The number of rotatable bonds is 24. The van der Waals surface area contributed by atoms with E-state index in [0.717, 1.165) is 0 Å². The molecular weight excluding hydrogens is 558 g/mol. The number of nitrogens with one attached hydrogen (secondary N) is 2. The lowest BCUT2D eigenvalue weighted by molar-refractivity contribution is -0.125. The van der Waals surface area contributed by atoms with E-state index >= 15 is 0 Å². The number of carbonyl (C=O) groups excluding carboxylic acids is 3. The van der Waals surface area contributed by atoms with Crippen LogP contribution in [0.2, 0.25) is 0 Å². The van der Waals surface area contributed by atoms with Gasteiger partial charge >= 0.3 is 0 Å². The second-order valence-corrected chi connectivity index (χ2v) is 10.9. The number of carbonyl (C=O) groups is 3. The fraction of sp³-hybridized carbons (Fsp3) is 0.903. The molecule has 0 aromatic heterocycles. The Hall–Kier alpha value is -1.83. The Bertz CT molecular complexity index is 576. The Morgan fingerprint density at radius 1 is 0.581 bits per heavy atom. The van der Waals surface area contributed by atoms with Crippen LogP contribution in [0.25, 0.3) is 0 Å². The molecule has 12 nitrogen and oxygen atoms in total. The largest absolute Gasteiger partial charge is 0.381 e. The molecule has 0 bridgehead atoms. The molecule has 0 fully saturated rings. The summed E-state index contributed by atoms with van der Waals surface area (Å²) in [6.45, 7) is 24.9. The molecule has 0 heterocycles. The molecule has 0 aliphatic carbocycles. The molecule has 0 saturated heterocycles. The highest BCUT2D eigenvalue weighted by atomic mass is 16.5. The van der Waals surface area contributed by atoms with E-state index in [4.69, 9.17) is 33.2 Å². The third kappa shape index (κ3) is 36.3. The van der Waals surface area contributed by atoms with Gasteiger partial charge in [-0.3, -0.25) is 14.4 Å². The highest BCUT2D eigenvalue weighted by Crippen LogP contribution is 2.02. The molecule has 0 unspecified atom stereocenters. The zero-order valence-electron chi connectivity index (χ0n) is 28.9. The van der Waals surface area contributed by atoms with Gasteiger partial charge in [-0.25, -0.2) is 0 Å². The van der Waals surface area contributed by atoms with E-state index in [1.54, 1.807) is 0 Å². The molecule has 0 saturated carbocycles. The van der Waals surface area contributed by atoms with Crippen LogP contribution in [0.1, 0.15) is 89.0 Å². The maximum absolute atomic E-state index is 12.3. The van der Waals surface area contributed by atoms with Crippen molar-refractivity contribution in [2.75, 3.05) is 52.9 Å². The van der Waals surface area contributed by atoms with E-state index in [1.165, 1.54) is 0 Å². The van der Waals surface area contributed by atoms with E-state index in [2.05, 4.69) is 16.4 Å². The molecule has 0 radical (unpaired) electrons. The summed E-state index contributed by atoms with van der Waals surface area (Å²) in [5.41, 5.74) is 4.17. The molecule has 0 rings (SSSR count). The predicted molar refractivity (Wildman–Crippen MR) is 170 cm³/mol. The van der Waals surface area contributed by atoms with E-state index < -0.39 is 0 Å². The van der Waals surface area contributed by atoms with Gasteiger partial charge in [-0.1, -0.05) is 20.8 Å². The molecular formula is C31H65N3O9. The Kier molecular flexibility index (Phi) is 33.5. The first kappa shape index (κ1) is 45.6. The topological polar surface area (TPSA) is 157 Å². The van der Waals surface area contributed by atoms with Gasteiger partial charge in [0.15, 0.2) is 0 Å². The van der Waals surface area contributed by atoms with Gasteiger partial charge in [-0.05, 0) is 55.4 Å². The van der Waals surface area contributed by atoms with Crippen LogP contribution in [0.4, 0.5) is 0 Å². The summed E-state index contributed by atoms with van der Waals surface area (Å²) in [5.74, 6) is -0.0552. The average molecular weight is 624 g/mol. The van der Waals surface area contributed by atoms with Gasteiger partial charge in [0.2, 0.25) is 18.2 Å². The summed E-state index contributed by atoms with van der Waals surface area (Å²) in [4.78, 5) is 33.2. The van der Waals surface area contributed by atoms with Crippen LogP contribution < -0.4 is 16.4 Å². The summed E-state index contributed by atoms with van der Waals surface area (Å²) in [6, 6.07) is -0.393. The second-order valence-electron chi connectivity index (χ2n) is 10.9. The van der Waals surface area contributed by atoms with Crippen LogP contribution in [0.3, 0.4) is 0 Å². The van der Waals surface area contributed by atoms with Crippen LogP contribution in [0, 0.1) is 5.92 Å². The van der Waals surface area contributed by atoms with Crippen LogP contribution >= 0.6 is 0 Å². The zero-order valence-corrected chi connectivity index (χ0v) is 28.9. The normalized spacial score (nSPS) is 11.2.